The lowest BCUT2D eigenvalue weighted by Gasteiger charge is -2.36. The maximum absolute atomic E-state index is 13.2. The van der Waals surface area contributed by atoms with Gasteiger partial charge in [0.2, 0.25) is 0 Å². The minimum Gasteiger partial charge on any atom is -0.427 e. The van der Waals surface area contributed by atoms with Crippen molar-refractivity contribution < 1.29 is 64.5 Å². The predicted molar refractivity (Wildman–Crippen MR) is 316 cm³/mol. The van der Waals surface area contributed by atoms with Gasteiger partial charge in [-0.1, -0.05) is 135 Å². The molecule has 0 amide bonds. The van der Waals surface area contributed by atoms with E-state index in [1.807, 2.05) is 84.9 Å². The number of esters is 4. The number of carbonyl (C=O) groups excluding carboxylic acids is 4. The van der Waals surface area contributed by atoms with Crippen LogP contribution in [0.1, 0.15) is 84.0 Å². The lowest BCUT2D eigenvalue weighted by Crippen LogP contribution is -2.30. The molecule has 11 aromatic carbocycles. The van der Waals surface area contributed by atoms with Crippen molar-refractivity contribution in [1.82, 2.24) is 0 Å². The van der Waals surface area contributed by atoms with Gasteiger partial charge in [-0.05, 0) is 195 Å². The lowest BCUT2D eigenvalue weighted by atomic mass is 9.65. The molecule has 0 saturated heterocycles. The minimum absolute atomic E-state index is 0.0304. The van der Waals surface area contributed by atoms with Gasteiger partial charge in [0.05, 0.1) is 10.8 Å². The predicted octanol–water partition coefficient (Wildman–Crippen LogP) is 17.4. The first-order chi connectivity index (χ1) is 41.3. The molecule has 2 aliphatic rings. The van der Waals surface area contributed by atoms with Crippen LogP contribution in [0.15, 0.2) is 206 Å². The molecule has 13 rings (SSSR count). The van der Waals surface area contributed by atoms with E-state index in [-0.39, 0.29) is 36.3 Å². The average Bonchev–Trinajstić information content (AvgIpc) is 1.57. The Morgan fingerprint density at radius 1 is 0.314 bits per heavy atom. The Bertz CT molecular complexity index is 4370. The molecule has 2 atom stereocenters. The molecule has 2 aliphatic carbocycles. The minimum atomic E-state index is -4.74. The Morgan fingerprint density at radius 2 is 0.581 bits per heavy atom. The smallest absolute Gasteiger partial charge is 0.399 e. The van der Waals surface area contributed by atoms with Crippen LogP contribution < -0.4 is 18.9 Å². The molecule has 2 unspecified atom stereocenters. The topological polar surface area (TPSA) is 105 Å². The van der Waals surface area contributed by atoms with Gasteiger partial charge in [-0.3, -0.25) is 19.2 Å². The van der Waals surface area contributed by atoms with Crippen molar-refractivity contribution in [1.29, 1.82) is 0 Å². The maximum atomic E-state index is 13.2. The highest BCUT2D eigenvalue weighted by atomic mass is 19.4. The van der Waals surface area contributed by atoms with E-state index in [1.54, 1.807) is 50.2 Å². The highest BCUT2D eigenvalue weighted by Crippen LogP contribution is 2.63. The fraction of sp³-hybridized carbons (Fsp3) is 0.139. The van der Waals surface area contributed by atoms with Gasteiger partial charge in [-0.2, -0.15) is 26.3 Å². The standard InChI is InChI=1S/C72H48F6O8/c1-3-65(79)83-53-25-17-41-29-49(21-13-45(41)33-53)71(51-23-15-47-35-55(27-19-43(47)31-51)85-67(81)39-69(73,74)75)61-11-7-5-9-57(61)59-38-64-60(37-63(59)71)58-10-6-8-12-62(58)72(64,50-22-14-46-34-54(84-66(80)4-2)26-18-42(46)30-50)52-24-16-48-36-56(28-20-44(48)32-52)86-68(82)40-70(76,77)78/h5-38H,3-4,39-40H2,1-2H3. The van der Waals surface area contributed by atoms with E-state index < -0.39 is 48.0 Å². The van der Waals surface area contributed by atoms with Crippen LogP contribution in [0.3, 0.4) is 0 Å². The summed E-state index contributed by atoms with van der Waals surface area (Å²) in [5.41, 5.74) is 9.00. The van der Waals surface area contributed by atoms with Crippen LogP contribution in [-0.4, -0.2) is 36.2 Å². The fourth-order valence-corrected chi connectivity index (χ4v) is 12.8. The summed E-state index contributed by atoms with van der Waals surface area (Å²) in [5.74, 6) is -2.82. The second-order valence-corrected chi connectivity index (χ2v) is 21.6. The van der Waals surface area contributed by atoms with E-state index >= 15 is 0 Å². The first kappa shape index (κ1) is 55.1. The first-order valence-corrected chi connectivity index (χ1v) is 27.8. The zero-order valence-corrected chi connectivity index (χ0v) is 46.0. The Balaban J connectivity index is 1.06. The van der Waals surface area contributed by atoms with E-state index in [0.29, 0.717) is 22.3 Å². The van der Waals surface area contributed by atoms with Gasteiger partial charge in [0.1, 0.15) is 35.8 Å². The number of hydrogen-bond acceptors (Lipinski definition) is 8. The molecule has 0 aliphatic heterocycles. The van der Waals surface area contributed by atoms with E-state index in [2.05, 4.69) is 72.8 Å². The molecule has 0 radical (unpaired) electrons. The Morgan fingerprint density at radius 3 is 0.872 bits per heavy atom. The zero-order chi connectivity index (χ0) is 59.9. The average molecular weight is 1160 g/mol. The van der Waals surface area contributed by atoms with Crippen molar-refractivity contribution >= 4 is 67.0 Å². The van der Waals surface area contributed by atoms with Crippen molar-refractivity contribution in [2.75, 3.05) is 0 Å². The lowest BCUT2D eigenvalue weighted by molar-refractivity contribution is -0.165. The summed E-state index contributed by atoms with van der Waals surface area (Å²) in [4.78, 5) is 49.6. The molecule has 0 N–H and O–H groups in total. The normalized spacial score (nSPS) is 15.9. The monoisotopic (exact) mass is 1150 g/mol. The van der Waals surface area contributed by atoms with Gasteiger partial charge in [-0.15, -0.1) is 0 Å². The number of ether oxygens (including phenoxy) is 4. The molecule has 11 aromatic rings. The van der Waals surface area contributed by atoms with E-state index in [4.69, 9.17) is 18.9 Å². The van der Waals surface area contributed by atoms with Crippen LogP contribution in [0.25, 0.3) is 65.3 Å². The molecule has 426 valence electrons. The number of fused-ring (bicyclic) bond motifs is 10. The molecule has 0 aromatic heterocycles. The summed E-state index contributed by atoms with van der Waals surface area (Å²) in [6.45, 7) is 3.46. The molecule has 0 spiro atoms. The van der Waals surface area contributed by atoms with E-state index in [1.165, 1.54) is 12.1 Å². The molecular formula is C72H48F6O8. The summed E-state index contributed by atoms with van der Waals surface area (Å²) in [7, 11) is 0. The molecule has 86 heavy (non-hydrogen) atoms. The number of rotatable bonds is 12. The first-order valence-electron chi connectivity index (χ1n) is 27.8. The van der Waals surface area contributed by atoms with Crippen LogP contribution in [0, 0.1) is 0 Å². The summed E-state index contributed by atoms with van der Waals surface area (Å²) in [6, 6.07) is 66.0. The quantitative estimate of drug-likeness (QED) is 0.0677. The third-order valence-electron chi connectivity index (χ3n) is 16.4. The van der Waals surface area contributed by atoms with Crippen molar-refractivity contribution in [3.63, 3.8) is 0 Å². The Hall–Kier alpha value is -10.1. The number of benzene rings is 11. The number of halogens is 6. The summed E-state index contributed by atoms with van der Waals surface area (Å²) in [5, 5.41) is 6.10. The van der Waals surface area contributed by atoms with Gasteiger partial charge in [0.15, 0.2) is 0 Å². The highest BCUT2D eigenvalue weighted by Gasteiger charge is 2.52. The molecule has 8 nitrogen and oxygen atoms in total. The van der Waals surface area contributed by atoms with Gasteiger partial charge in [0, 0.05) is 12.8 Å². The Kier molecular flexibility index (Phi) is 13.4. The summed E-state index contributed by atoms with van der Waals surface area (Å²) >= 11 is 0. The number of hydrogen-bond donors (Lipinski definition) is 0. The van der Waals surface area contributed by atoms with Crippen molar-refractivity contribution in [2.45, 2.75) is 62.7 Å². The van der Waals surface area contributed by atoms with Gasteiger partial charge < -0.3 is 18.9 Å². The molecular weight excluding hydrogens is 1110 g/mol. The van der Waals surface area contributed by atoms with Crippen LogP contribution in [0.5, 0.6) is 23.0 Å². The van der Waals surface area contributed by atoms with Crippen molar-refractivity contribution in [3.8, 4) is 45.3 Å². The summed E-state index contributed by atoms with van der Waals surface area (Å²) < 4.78 is 101. The van der Waals surface area contributed by atoms with E-state index in [0.717, 1.165) is 99.1 Å². The third kappa shape index (κ3) is 9.64. The van der Waals surface area contributed by atoms with E-state index in [9.17, 15) is 45.5 Å². The second kappa shape index (κ2) is 20.9. The van der Waals surface area contributed by atoms with Crippen LogP contribution in [-0.2, 0) is 30.0 Å². The third-order valence-corrected chi connectivity index (χ3v) is 16.4. The van der Waals surface area contributed by atoms with Crippen LogP contribution in [0.4, 0.5) is 26.3 Å². The molecule has 0 saturated carbocycles. The zero-order valence-electron chi connectivity index (χ0n) is 46.0. The molecule has 0 bridgehead atoms. The molecule has 0 heterocycles. The van der Waals surface area contributed by atoms with Crippen LogP contribution in [0.2, 0.25) is 0 Å². The van der Waals surface area contributed by atoms with Crippen LogP contribution >= 0.6 is 0 Å². The highest BCUT2D eigenvalue weighted by molar-refractivity contribution is 5.99. The number of carbonyl (C=O) groups is 4. The van der Waals surface area contributed by atoms with Crippen molar-refractivity contribution in [3.05, 3.63) is 251 Å². The maximum Gasteiger partial charge on any atom is 0.399 e. The Labute approximate surface area is 488 Å². The largest absolute Gasteiger partial charge is 0.427 e. The number of alkyl halides is 6. The van der Waals surface area contributed by atoms with Gasteiger partial charge >= 0.3 is 36.2 Å². The fourth-order valence-electron chi connectivity index (χ4n) is 12.8. The van der Waals surface area contributed by atoms with Crippen molar-refractivity contribution in [2.24, 2.45) is 0 Å². The summed E-state index contributed by atoms with van der Waals surface area (Å²) in [6.07, 6.45) is -12.5. The molecule has 14 heteroatoms. The second-order valence-electron chi connectivity index (χ2n) is 21.6. The SMILES string of the molecule is CCC(=O)Oc1ccc2cc(C3(c4ccc5cc(OC(=O)CC(F)(F)F)ccc5c4)c4ccccc4-c4cc5c(cc43)-c3ccccc3C5(c3ccc4cc(OC(=O)CC)ccc4c3)c3ccc4cc(OC(=O)CC(F)(F)F)ccc4c3)ccc2c1. The van der Waals surface area contributed by atoms with Gasteiger partial charge in [-0.25, -0.2) is 0 Å². The molecule has 0 fully saturated rings. The van der Waals surface area contributed by atoms with Gasteiger partial charge in [0.25, 0.3) is 0 Å².